The molecule has 14 heavy (non-hydrogen) atoms. The van der Waals surface area contributed by atoms with Gasteiger partial charge < -0.3 is 10.4 Å². The molecule has 0 spiro atoms. The summed E-state index contributed by atoms with van der Waals surface area (Å²) in [5.74, 6) is 0. The molecule has 1 saturated heterocycles. The number of hydrogen-bond acceptors (Lipinski definition) is 2. The molecule has 2 N–H and O–H groups in total. The van der Waals surface area contributed by atoms with Crippen LogP contribution in [0.3, 0.4) is 0 Å². The van der Waals surface area contributed by atoms with Crippen molar-refractivity contribution in [3.8, 4) is 0 Å². The third-order valence-corrected chi connectivity index (χ3v) is 3.17. The lowest BCUT2D eigenvalue weighted by atomic mass is 9.86. The molecule has 2 rings (SSSR count). The summed E-state index contributed by atoms with van der Waals surface area (Å²) in [6, 6.07) is 8.30. The molecule has 0 radical (unpaired) electrons. The largest absolute Gasteiger partial charge is 0.394 e. The summed E-state index contributed by atoms with van der Waals surface area (Å²) in [5.41, 5.74) is 2.33. The number of aliphatic hydroxyl groups is 1. The van der Waals surface area contributed by atoms with Crippen LogP contribution in [0.4, 0.5) is 0 Å². The zero-order chi connectivity index (χ0) is 10.0. The second kappa shape index (κ2) is 3.71. The van der Waals surface area contributed by atoms with Gasteiger partial charge in [-0.1, -0.05) is 24.3 Å². The highest BCUT2D eigenvalue weighted by Gasteiger charge is 2.35. The van der Waals surface area contributed by atoms with Crippen molar-refractivity contribution in [1.29, 1.82) is 0 Å². The molecule has 1 atom stereocenters. The van der Waals surface area contributed by atoms with Crippen LogP contribution in [0.25, 0.3) is 0 Å². The summed E-state index contributed by atoms with van der Waals surface area (Å²) in [6.45, 7) is 3.31. The van der Waals surface area contributed by atoms with Crippen molar-refractivity contribution in [2.45, 2.75) is 25.3 Å². The zero-order valence-corrected chi connectivity index (χ0v) is 8.59. The van der Waals surface area contributed by atoms with Crippen LogP contribution in [-0.2, 0) is 5.54 Å². The summed E-state index contributed by atoms with van der Waals surface area (Å²) in [5, 5.41) is 13.0. The van der Waals surface area contributed by atoms with E-state index in [9.17, 15) is 5.11 Å². The molecule has 1 aliphatic rings. The summed E-state index contributed by atoms with van der Waals surface area (Å²) < 4.78 is 0. The maximum atomic E-state index is 9.53. The van der Waals surface area contributed by atoms with Gasteiger partial charge in [-0.05, 0) is 37.4 Å². The lowest BCUT2D eigenvalue weighted by Gasteiger charge is -2.29. The Morgan fingerprint density at radius 1 is 1.43 bits per heavy atom. The van der Waals surface area contributed by atoms with Gasteiger partial charge >= 0.3 is 0 Å². The Morgan fingerprint density at radius 2 is 2.21 bits per heavy atom. The predicted octanol–water partition coefficient (Wildman–Crippen LogP) is 1.57. The summed E-state index contributed by atoms with van der Waals surface area (Å²) in [4.78, 5) is 0. The molecule has 1 heterocycles. The second-order valence-electron chi connectivity index (χ2n) is 4.09. The van der Waals surface area contributed by atoms with Crippen molar-refractivity contribution >= 4 is 0 Å². The summed E-state index contributed by atoms with van der Waals surface area (Å²) >= 11 is 0. The number of aliphatic hydroxyl groups excluding tert-OH is 1. The quantitative estimate of drug-likeness (QED) is 0.743. The van der Waals surface area contributed by atoms with E-state index in [-0.39, 0.29) is 12.1 Å². The highest BCUT2D eigenvalue weighted by molar-refractivity contribution is 5.33. The molecule has 1 aromatic carbocycles. The van der Waals surface area contributed by atoms with Crippen LogP contribution in [0.1, 0.15) is 24.0 Å². The zero-order valence-electron chi connectivity index (χ0n) is 8.59. The molecule has 0 bridgehead atoms. The van der Waals surface area contributed by atoms with Gasteiger partial charge in [-0.3, -0.25) is 0 Å². The monoisotopic (exact) mass is 191 g/mol. The van der Waals surface area contributed by atoms with Crippen LogP contribution < -0.4 is 5.32 Å². The first-order valence-electron chi connectivity index (χ1n) is 5.20. The molecular formula is C12H17NO. The van der Waals surface area contributed by atoms with E-state index in [1.807, 2.05) is 12.1 Å². The molecule has 2 nitrogen and oxygen atoms in total. The van der Waals surface area contributed by atoms with Crippen molar-refractivity contribution < 1.29 is 5.11 Å². The Kier molecular flexibility index (Phi) is 2.57. The fraction of sp³-hybridized carbons (Fsp3) is 0.500. The summed E-state index contributed by atoms with van der Waals surface area (Å²) in [6.07, 6.45) is 2.18. The van der Waals surface area contributed by atoms with E-state index >= 15 is 0 Å². The Balaban J connectivity index is 2.41. The molecule has 0 amide bonds. The Morgan fingerprint density at radius 3 is 2.79 bits per heavy atom. The molecule has 1 aromatic rings. The van der Waals surface area contributed by atoms with E-state index in [4.69, 9.17) is 0 Å². The van der Waals surface area contributed by atoms with Gasteiger partial charge in [-0.2, -0.15) is 0 Å². The van der Waals surface area contributed by atoms with Gasteiger partial charge in [0.15, 0.2) is 0 Å². The van der Waals surface area contributed by atoms with Crippen molar-refractivity contribution in [1.82, 2.24) is 5.32 Å². The molecule has 2 heteroatoms. The fourth-order valence-electron chi connectivity index (χ4n) is 2.37. The minimum absolute atomic E-state index is 0.175. The third-order valence-electron chi connectivity index (χ3n) is 3.17. The molecular weight excluding hydrogens is 174 g/mol. The standard InChI is InChI=1S/C12H17NO/c1-10-5-2-3-6-11(10)12(9-14)7-4-8-13-12/h2-3,5-6,13-14H,4,7-9H2,1H3. The molecule has 1 fully saturated rings. The van der Waals surface area contributed by atoms with Crippen LogP contribution >= 0.6 is 0 Å². The molecule has 0 saturated carbocycles. The van der Waals surface area contributed by atoms with Gasteiger partial charge in [-0.25, -0.2) is 0 Å². The normalized spacial score (nSPS) is 26.7. The lowest BCUT2D eigenvalue weighted by molar-refractivity contribution is 0.178. The van der Waals surface area contributed by atoms with Gasteiger partial charge in [0.1, 0.15) is 0 Å². The van der Waals surface area contributed by atoms with E-state index in [0.717, 1.165) is 19.4 Å². The molecule has 1 unspecified atom stereocenters. The van der Waals surface area contributed by atoms with Crippen LogP contribution in [-0.4, -0.2) is 18.3 Å². The Hall–Kier alpha value is -0.860. The first kappa shape index (κ1) is 9.69. The van der Waals surface area contributed by atoms with Gasteiger partial charge in [0.05, 0.1) is 12.1 Å². The van der Waals surface area contributed by atoms with Crippen LogP contribution in [0, 0.1) is 6.92 Å². The molecule has 0 aromatic heterocycles. The first-order valence-corrected chi connectivity index (χ1v) is 5.20. The minimum Gasteiger partial charge on any atom is -0.394 e. The van der Waals surface area contributed by atoms with Crippen molar-refractivity contribution in [3.05, 3.63) is 35.4 Å². The highest BCUT2D eigenvalue weighted by Crippen LogP contribution is 2.32. The van der Waals surface area contributed by atoms with E-state index in [1.165, 1.54) is 11.1 Å². The highest BCUT2D eigenvalue weighted by atomic mass is 16.3. The van der Waals surface area contributed by atoms with Gasteiger partial charge in [0.25, 0.3) is 0 Å². The van der Waals surface area contributed by atoms with E-state index in [0.29, 0.717) is 0 Å². The van der Waals surface area contributed by atoms with Crippen molar-refractivity contribution in [3.63, 3.8) is 0 Å². The SMILES string of the molecule is Cc1ccccc1C1(CO)CCCN1. The van der Waals surface area contributed by atoms with Crippen molar-refractivity contribution in [2.24, 2.45) is 0 Å². The number of benzene rings is 1. The van der Waals surface area contributed by atoms with Gasteiger partial charge in [-0.15, -0.1) is 0 Å². The average molecular weight is 191 g/mol. The smallest absolute Gasteiger partial charge is 0.0672 e. The maximum Gasteiger partial charge on any atom is 0.0672 e. The van der Waals surface area contributed by atoms with Crippen LogP contribution in [0.2, 0.25) is 0 Å². The summed E-state index contributed by atoms with van der Waals surface area (Å²) in [7, 11) is 0. The number of rotatable bonds is 2. The van der Waals surface area contributed by atoms with Crippen LogP contribution in [0.15, 0.2) is 24.3 Å². The van der Waals surface area contributed by atoms with E-state index < -0.39 is 0 Å². The third kappa shape index (κ3) is 1.45. The van der Waals surface area contributed by atoms with Crippen LogP contribution in [0.5, 0.6) is 0 Å². The lowest BCUT2D eigenvalue weighted by Crippen LogP contribution is -2.40. The average Bonchev–Trinajstić information content (AvgIpc) is 2.68. The maximum absolute atomic E-state index is 9.53. The van der Waals surface area contributed by atoms with Crippen molar-refractivity contribution in [2.75, 3.05) is 13.2 Å². The first-order chi connectivity index (χ1) is 6.78. The molecule has 0 aliphatic carbocycles. The van der Waals surface area contributed by atoms with E-state index in [2.05, 4.69) is 24.4 Å². The number of nitrogens with one attached hydrogen (secondary N) is 1. The topological polar surface area (TPSA) is 32.3 Å². The number of aryl methyl sites for hydroxylation is 1. The Labute approximate surface area is 85.0 Å². The Bertz CT molecular complexity index is 316. The van der Waals surface area contributed by atoms with Gasteiger partial charge in [0, 0.05) is 0 Å². The molecule has 1 aliphatic heterocycles. The predicted molar refractivity (Wildman–Crippen MR) is 57.2 cm³/mol. The minimum atomic E-state index is -0.175. The molecule has 76 valence electrons. The van der Waals surface area contributed by atoms with Gasteiger partial charge in [0.2, 0.25) is 0 Å². The number of hydrogen-bond donors (Lipinski definition) is 2. The fourth-order valence-corrected chi connectivity index (χ4v) is 2.37. The second-order valence-corrected chi connectivity index (χ2v) is 4.09. The van der Waals surface area contributed by atoms with E-state index in [1.54, 1.807) is 0 Å².